The van der Waals surface area contributed by atoms with Crippen LogP contribution in [-0.4, -0.2) is 54.6 Å². The van der Waals surface area contributed by atoms with Gasteiger partial charge in [-0.15, -0.1) is 0 Å². The lowest BCUT2D eigenvalue weighted by atomic mass is 10.0. The Morgan fingerprint density at radius 2 is 2.24 bits per heavy atom. The van der Waals surface area contributed by atoms with Crippen molar-refractivity contribution in [2.75, 3.05) is 26.7 Å². The van der Waals surface area contributed by atoms with Gasteiger partial charge in [0, 0.05) is 12.6 Å². The van der Waals surface area contributed by atoms with Crippen LogP contribution in [0, 0.1) is 0 Å². The molecule has 17 heavy (non-hydrogen) atoms. The number of amides is 1. The second-order valence-corrected chi connectivity index (χ2v) is 5.36. The van der Waals surface area contributed by atoms with Gasteiger partial charge in [-0.3, -0.25) is 10.1 Å². The van der Waals surface area contributed by atoms with Crippen molar-refractivity contribution in [2.45, 2.75) is 51.2 Å². The van der Waals surface area contributed by atoms with Crippen LogP contribution >= 0.6 is 0 Å². The van der Waals surface area contributed by atoms with Crippen LogP contribution in [-0.2, 0) is 4.79 Å². The number of rotatable bonds is 4. The van der Waals surface area contributed by atoms with Crippen LogP contribution in [0.1, 0.15) is 39.0 Å². The van der Waals surface area contributed by atoms with Crippen LogP contribution in [0.5, 0.6) is 0 Å². The monoisotopic (exact) mass is 239 g/mol. The summed E-state index contributed by atoms with van der Waals surface area (Å²) in [4.78, 5) is 16.4. The van der Waals surface area contributed by atoms with Crippen molar-refractivity contribution in [2.24, 2.45) is 0 Å². The van der Waals surface area contributed by atoms with E-state index < -0.39 is 0 Å². The predicted octanol–water partition coefficient (Wildman–Crippen LogP) is 1.03. The van der Waals surface area contributed by atoms with Gasteiger partial charge in [-0.25, -0.2) is 0 Å². The predicted molar refractivity (Wildman–Crippen MR) is 68.7 cm³/mol. The zero-order chi connectivity index (χ0) is 12.3. The van der Waals surface area contributed by atoms with E-state index in [2.05, 4.69) is 29.1 Å². The van der Waals surface area contributed by atoms with E-state index in [-0.39, 0.29) is 12.1 Å². The van der Waals surface area contributed by atoms with Crippen LogP contribution in [0.15, 0.2) is 0 Å². The van der Waals surface area contributed by atoms with Crippen LogP contribution in [0.4, 0.5) is 0 Å². The van der Waals surface area contributed by atoms with Crippen molar-refractivity contribution in [3.63, 3.8) is 0 Å². The highest BCUT2D eigenvalue weighted by Gasteiger charge is 2.32. The summed E-state index contributed by atoms with van der Waals surface area (Å²) in [6, 6.07) is 0.562. The van der Waals surface area contributed by atoms with Gasteiger partial charge in [0.1, 0.15) is 0 Å². The van der Waals surface area contributed by atoms with Crippen LogP contribution in [0.2, 0.25) is 0 Å². The molecule has 1 amide bonds. The number of likely N-dealkylation sites (tertiary alicyclic amines) is 1. The fourth-order valence-electron chi connectivity index (χ4n) is 2.95. The molecule has 2 aliphatic rings. The standard InChI is InChI=1S/C13H25N3O/c1-3-6-12-14-9-13(17)16(12)10-11-7-4-5-8-15(11)2/h11-12,14H,3-10H2,1-2H3. The normalized spacial score (nSPS) is 31.2. The van der Waals surface area contributed by atoms with Gasteiger partial charge in [-0.1, -0.05) is 19.8 Å². The van der Waals surface area contributed by atoms with Gasteiger partial charge < -0.3 is 9.80 Å². The Hall–Kier alpha value is -0.610. The first-order valence-corrected chi connectivity index (χ1v) is 6.95. The highest BCUT2D eigenvalue weighted by molar-refractivity contribution is 5.80. The van der Waals surface area contributed by atoms with E-state index in [0.29, 0.717) is 12.6 Å². The highest BCUT2D eigenvalue weighted by Crippen LogP contribution is 2.19. The molecule has 0 aromatic carbocycles. The molecule has 2 fully saturated rings. The minimum Gasteiger partial charge on any atom is -0.324 e. The molecule has 2 rings (SSSR count). The quantitative estimate of drug-likeness (QED) is 0.796. The lowest BCUT2D eigenvalue weighted by Gasteiger charge is -2.36. The summed E-state index contributed by atoms with van der Waals surface area (Å²) < 4.78 is 0. The first-order valence-electron chi connectivity index (χ1n) is 6.95. The van der Waals surface area contributed by atoms with Gasteiger partial charge in [0.2, 0.25) is 5.91 Å². The Kier molecular flexibility index (Phi) is 4.40. The van der Waals surface area contributed by atoms with Crippen molar-refractivity contribution in [1.82, 2.24) is 15.1 Å². The van der Waals surface area contributed by atoms with Gasteiger partial charge >= 0.3 is 0 Å². The van der Waals surface area contributed by atoms with E-state index >= 15 is 0 Å². The van der Waals surface area contributed by atoms with Crippen LogP contribution < -0.4 is 5.32 Å². The Labute approximate surface area is 104 Å². The molecule has 0 aromatic heterocycles. The van der Waals surface area contributed by atoms with Crippen molar-refractivity contribution >= 4 is 5.91 Å². The number of likely N-dealkylation sites (N-methyl/N-ethyl adjacent to an activating group) is 1. The molecule has 4 nitrogen and oxygen atoms in total. The maximum atomic E-state index is 11.9. The molecule has 4 heteroatoms. The summed E-state index contributed by atoms with van der Waals surface area (Å²) in [6.45, 7) is 4.79. The maximum absolute atomic E-state index is 11.9. The van der Waals surface area contributed by atoms with E-state index in [0.717, 1.165) is 19.4 Å². The molecule has 2 heterocycles. The number of hydrogen-bond acceptors (Lipinski definition) is 3. The topological polar surface area (TPSA) is 35.6 Å². The van der Waals surface area contributed by atoms with Crippen LogP contribution in [0.3, 0.4) is 0 Å². The molecule has 0 aliphatic carbocycles. The van der Waals surface area contributed by atoms with Crippen molar-refractivity contribution in [1.29, 1.82) is 0 Å². The van der Waals surface area contributed by atoms with Crippen molar-refractivity contribution < 1.29 is 4.79 Å². The first kappa shape index (κ1) is 12.8. The fraction of sp³-hybridized carbons (Fsp3) is 0.923. The van der Waals surface area contributed by atoms with Crippen LogP contribution in [0.25, 0.3) is 0 Å². The third kappa shape index (κ3) is 2.99. The molecule has 2 saturated heterocycles. The molecule has 2 atom stereocenters. The van der Waals surface area contributed by atoms with E-state index in [1.54, 1.807) is 0 Å². The minimum atomic E-state index is 0.280. The summed E-state index contributed by atoms with van der Waals surface area (Å²) in [5.41, 5.74) is 0. The van der Waals surface area contributed by atoms with E-state index in [9.17, 15) is 4.79 Å². The van der Waals surface area contributed by atoms with E-state index in [1.807, 2.05) is 0 Å². The summed E-state index contributed by atoms with van der Waals surface area (Å²) >= 11 is 0. The molecule has 0 aromatic rings. The summed E-state index contributed by atoms with van der Waals surface area (Å²) in [5, 5.41) is 3.32. The Morgan fingerprint density at radius 1 is 1.41 bits per heavy atom. The molecule has 2 unspecified atom stereocenters. The average molecular weight is 239 g/mol. The molecular formula is C13H25N3O. The lowest BCUT2D eigenvalue weighted by molar-refractivity contribution is -0.129. The number of carbonyl (C=O) groups is 1. The third-order valence-electron chi connectivity index (χ3n) is 4.08. The second-order valence-electron chi connectivity index (χ2n) is 5.36. The summed E-state index contributed by atoms with van der Waals surface area (Å²) in [5.74, 6) is 0.280. The third-order valence-corrected chi connectivity index (χ3v) is 4.08. The second kappa shape index (κ2) is 5.83. The summed E-state index contributed by atoms with van der Waals surface area (Å²) in [6.07, 6.45) is 6.33. The summed E-state index contributed by atoms with van der Waals surface area (Å²) in [7, 11) is 2.19. The van der Waals surface area contributed by atoms with Gasteiger partial charge in [-0.05, 0) is 32.9 Å². The molecule has 1 N–H and O–H groups in total. The molecular weight excluding hydrogens is 214 g/mol. The number of nitrogens with zero attached hydrogens (tertiary/aromatic N) is 2. The molecule has 0 saturated carbocycles. The number of hydrogen-bond donors (Lipinski definition) is 1. The Bertz CT molecular complexity index is 269. The number of nitrogens with one attached hydrogen (secondary N) is 1. The molecule has 2 aliphatic heterocycles. The lowest BCUT2D eigenvalue weighted by Crippen LogP contribution is -2.48. The smallest absolute Gasteiger partial charge is 0.237 e. The van der Waals surface area contributed by atoms with Gasteiger partial charge in [0.25, 0.3) is 0 Å². The zero-order valence-electron chi connectivity index (χ0n) is 11.1. The van der Waals surface area contributed by atoms with Gasteiger partial charge in [0.15, 0.2) is 0 Å². The Morgan fingerprint density at radius 3 is 2.94 bits per heavy atom. The van der Waals surface area contributed by atoms with E-state index in [4.69, 9.17) is 0 Å². The molecule has 0 radical (unpaired) electrons. The molecule has 98 valence electrons. The highest BCUT2D eigenvalue weighted by atomic mass is 16.2. The SMILES string of the molecule is CCCC1NCC(=O)N1CC1CCCCN1C. The fourth-order valence-corrected chi connectivity index (χ4v) is 2.95. The van der Waals surface area contributed by atoms with E-state index in [1.165, 1.54) is 25.8 Å². The van der Waals surface area contributed by atoms with Gasteiger partial charge in [0.05, 0.1) is 12.7 Å². The van der Waals surface area contributed by atoms with Gasteiger partial charge in [-0.2, -0.15) is 0 Å². The van der Waals surface area contributed by atoms with Crippen molar-refractivity contribution in [3.8, 4) is 0 Å². The molecule has 0 spiro atoms. The average Bonchev–Trinajstić information content (AvgIpc) is 2.65. The zero-order valence-corrected chi connectivity index (χ0v) is 11.1. The number of piperidine rings is 1. The maximum Gasteiger partial charge on any atom is 0.237 e. The number of carbonyl (C=O) groups excluding carboxylic acids is 1. The minimum absolute atomic E-state index is 0.280. The molecule has 0 bridgehead atoms. The Balaban J connectivity index is 1.92. The largest absolute Gasteiger partial charge is 0.324 e. The van der Waals surface area contributed by atoms with Crippen molar-refractivity contribution in [3.05, 3.63) is 0 Å². The first-order chi connectivity index (χ1) is 8.22.